The van der Waals surface area contributed by atoms with Crippen molar-refractivity contribution in [3.05, 3.63) is 35.4 Å². The van der Waals surface area contributed by atoms with Gasteiger partial charge in [0.05, 0.1) is 25.2 Å². The number of anilines is 1. The molecule has 0 amide bonds. The Hall–Kier alpha value is -2.05. The predicted molar refractivity (Wildman–Crippen MR) is 103 cm³/mol. The minimum atomic E-state index is -0.764. The minimum absolute atomic E-state index is 0.101. The standard InChI is InChI=1S/C22H26N2O4/c1-4-13-11-24-8-7-21-16-9-14(25)5-6-17(16)23(2)22(21)18(24)10-15(13)20(21,12-28-22)19(26)27-3/h4-6,9,15,18,25H,7-8,10-12H2,1-3H3/b13-4-/t15-,18-,20?,21-,22+/m0/s1. The molecule has 28 heavy (non-hydrogen) atoms. The van der Waals surface area contributed by atoms with E-state index in [0.717, 1.165) is 37.2 Å². The number of benzene rings is 1. The summed E-state index contributed by atoms with van der Waals surface area (Å²) in [5, 5.41) is 10.4. The lowest BCUT2D eigenvalue weighted by Gasteiger charge is -2.66. The zero-order valence-corrected chi connectivity index (χ0v) is 16.6. The number of ether oxygens (including phenoxy) is 2. The largest absolute Gasteiger partial charge is 0.508 e. The number of fused-ring (bicyclic) bond motifs is 3. The Balaban J connectivity index is 1.75. The lowest BCUT2D eigenvalue weighted by Crippen LogP contribution is -2.80. The van der Waals surface area contributed by atoms with Crippen LogP contribution in [-0.2, 0) is 19.7 Å². The quantitative estimate of drug-likeness (QED) is 0.592. The lowest BCUT2D eigenvalue weighted by atomic mass is 9.43. The van der Waals surface area contributed by atoms with Gasteiger partial charge < -0.3 is 19.5 Å². The van der Waals surface area contributed by atoms with E-state index in [2.05, 4.69) is 29.8 Å². The summed E-state index contributed by atoms with van der Waals surface area (Å²) in [5.74, 6) is 0.170. The third kappa shape index (κ3) is 1.37. The normalized spacial score (nSPS) is 44.0. The fourth-order valence-corrected chi connectivity index (χ4v) is 7.78. The second-order valence-electron chi connectivity index (χ2n) is 9.00. The van der Waals surface area contributed by atoms with Crippen LogP contribution in [0, 0.1) is 11.3 Å². The molecule has 1 saturated carbocycles. The zero-order valence-electron chi connectivity index (χ0n) is 16.6. The maximum absolute atomic E-state index is 13.6. The average Bonchev–Trinajstić information content (AvgIpc) is 3.08. The van der Waals surface area contributed by atoms with E-state index in [1.165, 1.54) is 12.7 Å². The Morgan fingerprint density at radius 2 is 2.25 bits per heavy atom. The van der Waals surface area contributed by atoms with E-state index < -0.39 is 16.6 Å². The summed E-state index contributed by atoms with van der Waals surface area (Å²) in [4.78, 5) is 18.4. The first-order chi connectivity index (χ1) is 13.5. The molecule has 1 aliphatic carbocycles. The predicted octanol–water partition coefficient (Wildman–Crippen LogP) is 2.02. The smallest absolute Gasteiger partial charge is 0.315 e. The van der Waals surface area contributed by atoms with Crippen molar-refractivity contribution in [3.63, 3.8) is 0 Å². The molecule has 0 radical (unpaired) electrons. The Kier molecular flexibility index (Phi) is 2.96. The van der Waals surface area contributed by atoms with E-state index in [-0.39, 0.29) is 23.7 Å². The van der Waals surface area contributed by atoms with E-state index >= 15 is 0 Å². The first-order valence-corrected chi connectivity index (χ1v) is 10.2. The highest BCUT2D eigenvalue weighted by molar-refractivity contribution is 5.86. The summed E-state index contributed by atoms with van der Waals surface area (Å²) >= 11 is 0. The van der Waals surface area contributed by atoms with Crippen LogP contribution in [0.5, 0.6) is 5.75 Å². The van der Waals surface area contributed by atoms with Crippen LogP contribution in [-0.4, -0.2) is 61.6 Å². The van der Waals surface area contributed by atoms with Gasteiger partial charge in [-0.1, -0.05) is 11.6 Å². The average molecular weight is 382 g/mol. The van der Waals surface area contributed by atoms with Crippen LogP contribution in [0.3, 0.4) is 0 Å². The number of allylic oxidation sites excluding steroid dienone is 1. The molecular weight excluding hydrogens is 356 g/mol. The van der Waals surface area contributed by atoms with Crippen molar-refractivity contribution >= 4 is 11.7 Å². The molecule has 148 valence electrons. The first kappa shape index (κ1) is 16.9. The first-order valence-electron chi connectivity index (χ1n) is 10.2. The number of methoxy groups -OCH3 is 1. The Morgan fingerprint density at radius 3 is 3.00 bits per heavy atom. The van der Waals surface area contributed by atoms with Gasteiger partial charge in [0.15, 0.2) is 5.72 Å². The van der Waals surface area contributed by atoms with E-state index in [0.29, 0.717) is 6.61 Å². The van der Waals surface area contributed by atoms with E-state index in [1.54, 1.807) is 6.07 Å². The summed E-state index contributed by atoms with van der Waals surface area (Å²) in [6.07, 6.45) is 3.92. The third-order valence-corrected chi connectivity index (χ3v) is 8.67. The number of aromatic hydroxyl groups is 1. The molecular formula is C22H26N2O4. The number of rotatable bonds is 1. The van der Waals surface area contributed by atoms with Crippen LogP contribution in [0.15, 0.2) is 29.8 Å². The second-order valence-corrected chi connectivity index (χ2v) is 9.00. The molecule has 1 aromatic carbocycles. The molecule has 5 aliphatic rings. The molecule has 1 unspecified atom stereocenters. The number of piperidine rings is 2. The Bertz CT molecular complexity index is 944. The molecule has 1 aromatic rings. The molecule has 1 N–H and O–H groups in total. The van der Waals surface area contributed by atoms with Crippen molar-refractivity contribution < 1.29 is 19.4 Å². The Labute approximate surface area is 164 Å². The molecule has 6 rings (SSSR count). The third-order valence-electron chi connectivity index (χ3n) is 8.67. The van der Waals surface area contributed by atoms with Gasteiger partial charge in [0, 0.05) is 31.7 Å². The van der Waals surface area contributed by atoms with Gasteiger partial charge in [0.1, 0.15) is 11.2 Å². The number of esters is 1. The second kappa shape index (κ2) is 4.92. The van der Waals surface area contributed by atoms with Gasteiger partial charge in [-0.15, -0.1) is 0 Å². The zero-order chi connectivity index (χ0) is 19.5. The van der Waals surface area contributed by atoms with Gasteiger partial charge >= 0.3 is 5.97 Å². The maximum Gasteiger partial charge on any atom is 0.315 e. The summed E-state index contributed by atoms with van der Waals surface area (Å²) in [5.41, 5.74) is 1.54. The fraction of sp³-hybridized carbons (Fsp3) is 0.591. The molecule has 4 fully saturated rings. The minimum Gasteiger partial charge on any atom is -0.508 e. The number of hydrogen-bond acceptors (Lipinski definition) is 6. The number of hydrogen-bond donors (Lipinski definition) is 1. The van der Waals surface area contributed by atoms with E-state index in [4.69, 9.17) is 9.47 Å². The number of likely N-dealkylation sites (N-methyl/N-ethyl adjacent to an activating group) is 1. The van der Waals surface area contributed by atoms with Gasteiger partial charge in [-0.3, -0.25) is 9.69 Å². The SMILES string of the molecule is C/C=C1/CN2CC[C@@]34c5cc(O)ccc5N(C)[C@]35OCC4(C(=O)OC)[C@H]1C[C@H]25. The van der Waals surface area contributed by atoms with Crippen LogP contribution in [0.4, 0.5) is 5.69 Å². The molecule has 0 aromatic heterocycles. The van der Waals surface area contributed by atoms with Crippen molar-refractivity contribution in [1.29, 1.82) is 0 Å². The highest BCUT2D eigenvalue weighted by Gasteiger charge is 2.86. The molecule has 4 aliphatic heterocycles. The molecule has 6 heteroatoms. The maximum atomic E-state index is 13.6. The molecule has 4 heterocycles. The van der Waals surface area contributed by atoms with Gasteiger partial charge in [-0.05, 0) is 43.5 Å². The highest BCUT2D eigenvalue weighted by Crippen LogP contribution is 2.76. The highest BCUT2D eigenvalue weighted by atomic mass is 16.6. The molecule has 6 nitrogen and oxygen atoms in total. The molecule has 0 spiro atoms. The topological polar surface area (TPSA) is 62.2 Å². The van der Waals surface area contributed by atoms with Crippen LogP contribution >= 0.6 is 0 Å². The summed E-state index contributed by atoms with van der Waals surface area (Å²) in [6.45, 7) is 4.25. The number of phenols is 1. The van der Waals surface area contributed by atoms with Crippen molar-refractivity contribution in [1.82, 2.24) is 4.90 Å². The number of carbonyl (C=O) groups excluding carboxylic acids is 1. The van der Waals surface area contributed by atoms with Crippen LogP contribution < -0.4 is 4.90 Å². The fourth-order valence-electron chi connectivity index (χ4n) is 7.78. The van der Waals surface area contributed by atoms with E-state index in [1.807, 2.05) is 12.1 Å². The van der Waals surface area contributed by atoms with Gasteiger partial charge in [0.2, 0.25) is 0 Å². The molecule has 5 atom stereocenters. The van der Waals surface area contributed by atoms with Crippen LogP contribution in [0.25, 0.3) is 0 Å². The monoisotopic (exact) mass is 382 g/mol. The van der Waals surface area contributed by atoms with Crippen LogP contribution in [0.2, 0.25) is 0 Å². The van der Waals surface area contributed by atoms with Crippen molar-refractivity contribution in [3.8, 4) is 5.75 Å². The van der Waals surface area contributed by atoms with Gasteiger partial charge in [-0.25, -0.2) is 0 Å². The van der Waals surface area contributed by atoms with Gasteiger partial charge in [0.25, 0.3) is 0 Å². The Morgan fingerprint density at radius 1 is 1.43 bits per heavy atom. The van der Waals surface area contributed by atoms with Gasteiger partial charge in [-0.2, -0.15) is 0 Å². The summed E-state index contributed by atoms with van der Waals surface area (Å²) < 4.78 is 12.2. The van der Waals surface area contributed by atoms with Crippen molar-refractivity contribution in [2.75, 3.05) is 38.8 Å². The summed E-state index contributed by atoms with van der Waals surface area (Å²) in [7, 11) is 3.58. The number of phenolic OH excluding ortho intramolecular Hbond substituents is 1. The van der Waals surface area contributed by atoms with E-state index in [9.17, 15) is 9.90 Å². The molecule has 5 bridgehead atoms. The number of carbonyl (C=O) groups is 1. The van der Waals surface area contributed by atoms with Crippen LogP contribution in [0.1, 0.15) is 25.3 Å². The summed E-state index contributed by atoms with van der Waals surface area (Å²) in [6, 6.07) is 5.79. The molecule has 3 saturated heterocycles. The van der Waals surface area contributed by atoms with Crippen molar-refractivity contribution in [2.24, 2.45) is 11.3 Å². The number of nitrogens with zero attached hydrogens (tertiary/aromatic N) is 2. The van der Waals surface area contributed by atoms with Crippen molar-refractivity contribution in [2.45, 2.75) is 36.9 Å². The lowest BCUT2D eigenvalue weighted by molar-refractivity contribution is -0.184.